The third-order valence-corrected chi connectivity index (χ3v) is 3.22. The molecule has 2 aromatic carbocycles. The fourth-order valence-corrected chi connectivity index (χ4v) is 2.19. The number of hydrogen-bond donors (Lipinski definition) is 0. The molecule has 0 unspecified atom stereocenters. The standard InChI is InChI=1S/C17H12N2O2/c20-19(21)16-8-9-17-15(13-16)10-12-18(17)11-4-7-14-5-2-1-3-6-14/h1-3,5-6,8-10,12-13H,11H2. The van der Waals surface area contributed by atoms with Crippen molar-refractivity contribution in [2.75, 3.05) is 0 Å². The summed E-state index contributed by atoms with van der Waals surface area (Å²) in [5.41, 5.74) is 2.03. The zero-order valence-electron chi connectivity index (χ0n) is 11.2. The van der Waals surface area contributed by atoms with Crippen LogP contribution in [-0.2, 0) is 6.54 Å². The molecule has 1 aromatic heterocycles. The minimum absolute atomic E-state index is 0.107. The van der Waals surface area contributed by atoms with Crippen LogP contribution in [0.1, 0.15) is 5.56 Å². The highest BCUT2D eigenvalue weighted by Gasteiger charge is 2.07. The van der Waals surface area contributed by atoms with Gasteiger partial charge in [-0.25, -0.2) is 0 Å². The topological polar surface area (TPSA) is 48.1 Å². The number of hydrogen-bond acceptors (Lipinski definition) is 2. The van der Waals surface area contributed by atoms with Crippen LogP contribution >= 0.6 is 0 Å². The molecule has 0 aliphatic heterocycles. The zero-order valence-corrected chi connectivity index (χ0v) is 11.2. The minimum Gasteiger partial charge on any atom is -0.336 e. The highest BCUT2D eigenvalue weighted by molar-refractivity contribution is 5.82. The first kappa shape index (κ1) is 12.9. The van der Waals surface area contributed by atoms with Crippen molar-refractivity contribution in [3.63, 3.8) is 0 Å². The lowest BCUT2D eigenvalue weighted by molar-refractivity contribution is -0.384. The van der Waals surface area contributed by atoms with E-state index in [1.807, 2.05) is 47.2 Å². The molecular formula is C17H12N2O2. The molecule has 0 bridgehead atoms. The van der Waals surface area contributed by atoms with Gasteiger partial charge in [-0.15, -0.1) is 0 Å². The predicted octanol–water partition coefficient (Wildman–Crippen LogP) is 3.60. The van der Waals surface area contributed by atoms with E-state index in [9.17, 15) is 10.1 Å². The molecule has 0 radical (unpaired) electrons. The molecule has 0 aliphatic rings. The average molecular weight is 276 g/mol. The van der Waals surface area contributed by atoms with E-state index in [0.29, 0.717) is 6.54 Å². The Morgan fingerprint density at radius 2 is 1.90 bits per heavy atom. The van der Waals surface area contributed by atoms with Crippen LogP contribution in [0.4, 0.5) is 5.69 Å². The fraction of sp³-hybridized carbons (Fsp3) is 0.0588. The molecule has 0 fully saturated rings. The molecule has 0 saturated heterocycles. The highest BCUT2D eigenvalue weighted by atomic mass is 16.6. The van der Waals surface area contributed by atoms with E-state index < -0.39 is 0 Å². The molecule has 0 N–H and O–H groups in total. The number of non-ortho nitro benzene ring substituents is 1. The molecule has 3 rings (SSSR count). The van der Waals surface area contributed by atoms with Crippen LogP contribution in [0.25, 0.3) is 10.9 Å². The lowest BCUT2D eigenvalue weighted by atomic mass is 10.2. The van der Waals surface area contributed by atoms with E-state index in [0.717, 1.165) is 16.5 Å². The van der Waals surface area contributed by atoms with Gasteiger partial charge in [-0.2, -0.15) is 0 Å². The predicted molar refractivity (Wildman–Crippen MR) is 81.9 cm³/mol. The summed E-state index contributed by atoms with van der Waals surface area (Å²) < 4.78 is 1.98. The van der Waals surface area contributed by atoms with Gasteiger partial charge in [0.05, 0.1) is 11.5 Å². The van der Waals surface area contributed by atoms with Crippen LogP contribution in [0.15, 0.2) is 60.8 Å². The Kier molecular flexibility index (Phi) is 3.40. The summed E-state index contributed by atoms with van der Waals surface area (Å²) in [6.07, 6.45) is 1.90. The molecule has 0 spiro atoms. The average Bonchev–Trinajstić information content (AvgIpc) is 2.91. The quantitative estimate of drug-likeness (QED) is 0.408. The first-order chi connectivity index (χ1) is 10.2. The Labute approximate surface area is 121 Å². The van der Waals surface area contributed by atoms with Crippen LogP contribution in [-0.4, -0.2) is 9.49 Å². The van der Waals surface area contributed by atoms with Gasteiger partial charge < -0.3 is 4.57 Å². The first-order valence-corrected chi connectivity index (χ1v) is 6.51. The Balaban J connectivity index is 1.85. The lowest BCUT2D eigenvalue weighted by Gasteiger charge is -1.99. The summed E-state index contributed by atoms with van der Waals surface area (Å²) in [6.45, 7) is 0.552. The van der Waals surface area contributed by atoms with Crippen molar-refractivity contribution in [1.29, 1.82) is 0 Å². The summed E-state index contributed by atoms with van der Waals surface area (Å²) in [7, 11) is 0. The van der Waals surface area contributed by atoms with Gasteiger partial charge in [0.1, 0.15) is 0 Å². The summed E-state index contributed by atoms with van der Waals surface area (Å²) >= 11 is 0. The summed E-state index contributed by atoms with van der Waals surface area (Å²) in [5.74, 6) is 6.21. The maximum atomic E-state index is 10.8. The maximum absolute atomic E-state index is 10.8. The summed E-state index contributed by atoms with van der Waals surface area (Å²) in [6, 6.07) is 16.5. The van der Waals surface area contributed by atoms with Gasteiger partial charge in [0.15, 0.2) is 0 Å². The van der Waals surface area contributed by atoms with Crippen molar-refractivity contribution >= 4 is 16.6 Å². The fourth-order valence-electron chi connectivity index (χ4n) is 2.19. The second-order valence-electron chi connectivity index (χ2n) is 4.61. The number of aromatic nitrogens is 1. The number of rotatable bonds is 2. The van der Waals surface area contributed by atoms with Crippen molar-refractivity contribution in [1.82, 2.24) is 4.57 Å². The minimum atomic E-state index is -0.383. The van der Waals surface area contributed by atoms with Gasteiger partial charge >= 0.3 is 0 Å². The molecular weight excluding hydrogens is 264 g/mol. The van der Waals surface area contributed by atoms with E-state index >= 15 is 0 Å². The molecule has 21 heavy (non-hydrogen) atoms. The zero-order chi connectivity index (χ0) is 14.7. The van der Waals surface area contributed by atoms with Crippen molar-refractivity contribution in [2.45, 2.75) is 6.54 Å². The Morgan fingerprint density at radius 3 is 2.67 bits per heavy atom. The number of nitro groups is 1. The van der Waals surface area contributed by atoms with Crippen molar-refractivity contribution in [3.05, 3.63) is 76.5 Å². The van der Waals surface area contributed by atoms with Crippen LogP contribution in [0.3, 0.4) is 0 Å². The van der Waals surface area contributed by atoms with Crippen LogP contribution in [0.2, 0.25) is 0 Å². The summed E-state index contributed by atoms with van der Waals surface area (Å²) in [5, 5.41) is 11.6. The molecule has 0 aliphatic carbocycles. The second kappa shape index (κ2) is 5.51. The van der Waals surface area contributed by atoms with Crippen LogP contribution < -0.4 is 0 Å². The smallest absolute Gasteiger partial charge is 0.270 e. The Hall–Kier alpha value is -3.06. The van der Waals surface area contributed by atoms with E-state index in [4.69, 9.17) is 0 Å². The monoisotopic (exact) mass is 276 g/mol. The molecule has 4 nitrogen and oxygen atoms in total. The normalized spacial score (nSPS) is 10.1. The van der Waals surface area contributed by atoms with E-state index in [-0.39, 0.29) is 10.6 Å². The van der Waals surface area contributed by atoms with Gasteiger partial charge in [-0.3, -0.25) is 10.1 Å². The Morgan fingerprint density at radius 1 is 1.10 bits per heavy atom. The first-order valence-electron chi connectivity index (χ1n) is 6.51. The molecule has 4 heteroatoms. The molecule has 1 heterocycles. The highest BCUT2D eigenvalue weighted by Crippen LogP contribution is 2.21. The van der Waals surface area contributed by atoms with Crippen LogP contribution in [0.5, 0.6) is 0 Å². The third-order valence-electron chi connectivity index (χ3n) is 3.22. The SMILES string of the molecule is O=[N+]([O-])c1ccc2c(ccn2CC#Cc2ccccc2)c1. The second-order valence-corrected chi connectivity index (χ2v) is 4.61. The van der Waals surface area contributed by atoms with Crippen molar-refractivity contribution < 1.29 is 4.92 Å². The maximum Gasteiger partial charge on any atom is 0.270 e. The molecule has 3 aromatic rings. The largest absolute Gasteiger partial charge is 0.336 e. The number of fused-ring (bicyclic) bond motifs is 1. The van der Waals surface area contributed by atoms with Gasteiger partial charge in [-0.1, -0.05) is 30.0 Å². The molecule has 0 atom stereocenters. The van der Waals surface area contributed by atoms with E-state index in [2.05, 4.69) is 11.8 Å². The van der Waals surface area contributed by atoms with Gasteiger partial charge in [0, 0.05) is 34.8 Å². The van der Waals surface area contributed by atoms with Crippen LogP contribution in [0, 0.1) is 22.0 Å². The Bertz CT molecular complexity index is 855. The van der Waals surface area contributed by atoms with Gasteiger partial charge in [0.25, 0.3) is 5.69 Å². The number of nitrogens with zero attached hydrogens (tertiary/aromatic N) is 2. The van der Waals surface area contributed by atoms with Gasteiger partial charge in [-0.05, 0) is 24.3 Å². The molecule has 102 valence electrons. The summed E-state index contributed by atoms with van der Waals surface area (Å²) in [4.78, 5) is 10.4. The molecule has 0 saturated carbocycles. The van der Waals surface area contributed by atoms with Gasteiger partial charge in [0.2, 0.25) is 0 Å². The number of benzene rings is 2. The van der Waals surface area contributed by atoms with E-state index in [1.165, 1.54) is 6.07 Å². The van der Waals surface area contributed by atoms with Crippen molar-refractivity contribution in [2.24, 2.45) is 0 Å². The number of nitro benzene ring substituents is 1. The van der Waals surface area contributed by atoms with E-state index in [1.54, 1.807) is 12.1 Å². The lowest BCUT2D eigenvalue weighted by Crippen LogP contribution is -1.93. The molecule has 0 amide bonds. The van der Waals surface area contributed by atoms with Crippen molar-refractivity contribution in [3.8, 4) is 11.8 Å². The third kappa shape index (κ3) is 2.77.